The fourth-order valence-corrected chi connectivity index (χ4v) is 3.22. The van der Waals surface area contributed by atoms with Gasteiger partial charge in [-0.05, 0) is 48.5 Å². The number of hydrogen-bond donors (Lipinski definition) is 3. The van der Waals surface area contributed by atoms with Gasteiger partial charge in [0.25, 0.3) is 5.91 Å². The fourth-order valence-electron chi connectivity index (χ4n) is 3.22. The zero-order chi connectivity index (χ0) is 20.9. The SMILES string of the molecule is NC(=O)[C@H]1CC(C(=O)Nc2ccc(Nc3ccccc3)cc2)=NN1c1ccccc1. The number of carbonyl (C=O) groups is 2. The Kier molecular flexibility index (Phi) is 5.43. The number of para-hydroxylation sites is 2. The Labute approximate surface area is 174 Å². The Balaban J connectivity index is 1.45. The molecule has 0 fully saturated rings. The maximum atomic E-state index is 12.7. The van der Waals surface area contributed by atoms with E-state index in [1.807, 2.05) is 72.8 Å². The summed E-state index contributed by atoms with van der Waals surface area (Å²) in [4.78, 5) is 24.6. The number of nitrogens with one attached hydrogen (secondary N) is 2. The summed E-state index contributed by atoms with van der Waals surface area (Å²) in [6, 6.07) is 25.7. The van der Waals surface area contributed by atoms with Crippen LogP contribution in [0.3, 0.4) is 0 Å². The molecule has 7 heteroatoms. The molecule has 2 amide bonds. The van der Waals surface area contributed by atoms with E-state index in [0.29, 0.717) is 11.4 Å². The van der Waals surface area contributed by atoms with Gasteiger partial charge in [-0.3, -0.25) is 14.6 Å². The van der Waals surface area contributed by atoms with E-state index in [9.17, 15) is 9.59 Å². The molecule has 0 unspecified atom stereocenters. The maximum absolute atomic E-state index is 12.7. The zero-order valence-corrected chi connectivity index (χ0v) is 16.2. The summed E-state index contributed by atoms with van der Waals surface area (Å²) in [5.41, 5.74) is 9.01. The van der Waals surface area contributed by atoms with Crippen molar-refractivity contribution < 1.29 is 9.59 Å². The van der Waals surface area contributed by atoms with Crippen molar-refractivity contribution in [1.29, 1.82) is 0 Å². The van der Waals surface area contributed by atoms with Crippen LogP contribution in [0, 0.1) is 0 Å². The second kappa shape index (κ2) is 8.48. The first-order valence-electron chi connectivity index (χ1n) is 9.55. The lowest BCUT2D eigenvalue weighted by atomic mass is 10.1. The van der Waals surface area contributed by atoms with E-state index >= 15 is 0 Å². The highest BCUT2D eigenvalue weighted by Crippen LogP contribution is 2.25. The minimum Gasteiger partial charge on any atom is -0.368 e. The molecule has 0 radical (unpaired) electrons. The molecule has 0 bridgehead atoms. The van der Waals surface area contributed by atoms with Gasteiger partial charge in [-0.1, -0.05) is 36.4 Å². The second-order valence-electron chi connectivity index (χ2n) is 6.87. The van der Waals surface area contributed by atoms with E-state index in [4.69, 9.17) is 5.73 Å². The molecule has 4 N–H and O–H groups in total. The van der Waals surface area contributed by atoms with Crippen molar-refractivity contribution in [2.75, 3.05) is 15.6 Å². The smallest absolute Gasteiger partial charge is 0.271 e. The molecule has 0 spiro atoms. The van der Waals surface area contributed by atoms with Gasteiger partial charge in [0.15, 0.2) is 0 Å². The molecule has 0 saturated carbocycles. The molecular weight excluding hydrogens is 378 g/mol. The first kappa shape index (κ1) is 19.2. The normalized spacial score (nSPS) is 15.4. The maximum Gasteiger partial charge on any atom is 0.271 e. The van der Waals surface area contributed by atoms with E-state index < -0.39 is 11.9 Å². The fraction of sp³-hybridized carbons (Fsp3) is 0.0870. The number of nitrogens with zero attached hydrogens (tertiary/aromatic N) is 2. The monoisotopic (exact) mass is 399 g/mol. The largest absolute Gasteiger partial charge is 0.368 e. The van der Waals surface area contributed by atoms with Crippen LogP contribution in [-0.4, -0.2) is 23.6 Å². The van der Waals surface area contributed by atoms with Crippen LogP contribution in [0.2, 0.25) is 0 Å². The summed E-state index contributed by atoms with van der Waals surface area (Å²) in [5.74, 6) is -0.884. The molecule has 0 aromatic heterocycles. The quantitative estimate of drug-likeness (QED) is 0.591. The van der Waals surface area contributed by atoms with Crippen LogP contribution >= 0.6 is 0 Å². The van der Waals surface area contributed by atoms with Crippen molar-refractivity contribution in [2.45, 2.75) is 12.5 Å². The summed E-state index contributed by atoms with van der Waals surface area (Å²) in [6.07, 6.45) is 0.156. The van der Waals surface area contributed by atoms with E-state index in [0.717, 1.165) is 11.4 Å². The molecule has 3 aromatic rings. The molecule has 30 heavy (non-hydrogen) atoms. The Hall–Kier alpha value is -4.13. The van der Waals surface area contributed by atoms with Crippen LogP contribution in [0.1, 0.15) is 6.42 Å². The molecule has 0 aliphatic carbocycles. The van der Waals surface area contributed by atoms with E-state index in [-0.39, 0.29) is 18.0 Å². The van der Waals surface area contributed by atoms with Gasteiger partial charge in [0, 0.05) is 23.5 Å². The van der Waals surface area contributed by atoms with Gasteiger partial charge >= 0.3 is 0 Å². The zero-order valence-electron chi connectivity index (χ0n) is 16.2. The van der Waals surface area contributed by atoms with Gasteiger partial charge in [0.2, 0.25) is 5.91 Å². The Bertz CT molecular complexity index is 1070. The summed E-state index contributed by atoms with van der Waals surface area (Å²) >= 11 is 0. The number of hydrazone groups is 1. The van der Waals surface area contributed by atoms with Crippen molar-refractivity contribution in [3.05, 3.63) is 84.9 Å². The topological polar surface area (TPSA) is 99.8 Å². The number of carbonyl (C=O) groups excluding carboxylic acids is 2. The molecule has 1 heterocycles. The highest BCUT2D eigenvalue weighted by molar-refractivity contribution is 6.44. The number of anilines is 4. The van der Waals surface area contributed by atoms with Crippen molar-refractivity contribution in [3.8, 4) is 0 Å². The minimum atomic E-state index is -0.689. The van der Waals surface area contributed by atoms with Crippen LogP contribution in [0.25, 0.3) is 0 Å². The van der Waals surface area contributed by atoms with Gasteiger partial charge < -0.3 is 16.4 Å². The third-order valence-corrected chi connectivity index (χ3v) is 4.73. The summed E-state index contributed by atoms with van der Waals surface area (Å²) in [7, 11) is 0. The Morgan fingerprint density at radius 3 is 2.03 bits per heavy atom. The number of benzene rings is 3. The van der Waals surface area contributed by atoms with Crippen molar-refractivity contribution in [1.82, 2.24) is 0 Å². The number of rotatable bonds is 6. The third kappa shape index (κ3) is 4.30. The summed E-state index contributed by atoms with van der Waals surface area (Å²) in [5, 5.41) is 12.0. The number of nitrogens with two attached hydrogens (primary N) is 1. The van der Waals surface area contributed by atoms with Crippen LogP contribution in [-0.2, 0) is 9.59 Å². The van der Waals surface area contributed by atoms with Gasteiger partial charge in [0.1, 0.15) is 11.8 Å². The molecule has 1 atom stereocenters. The van der Waals surface area contributed by atoms with Gasteiger partial charge in [-0.2, -0.15) is 5.10 Å². The lowest BCUT2D eigenvalue weighted by molar-refractivity contribution is -0.119. The summed E-state index contributed by atoms with van der Waals surface area (Å²) in [6.45, 7) is 0. The molecule has 4 rings (SSSR count). The van der Waals surface area contributed by atoms with Gasteiger partial charge in [-0.25, -0.2) is 0 Å². The lowest BCUT2D eigenvalue weighted by Crippen LogP contribution is -2.39. The molecule has 3 aromatic carbocycles. The van der Waals surface area contributed by atoms with Crippen LogP contribution < -0.4 is 21.4 Å². The minimum absolute atomic E-state index is 0.156. The predicted octanol–water partition coefficient (Wildman–Crippen LogP) is 3.49. The van der Waals surface area contributed by atoms with E-state index in [2.05, 4.69) is 15.7 Å². The predicted molar refractivity (Wildman–Crippen MR) is 119 cm³/mol. The van der Waals surface area contributed by atoms with Crippen molar-refractivity contribution in [3.63, 3.8) is 0 Å². The Morgan fingerprint density at radius 1 is 0.833 bits per heavy atom. The average Bonchev–Trinajstić information content (AvgIpc) is 3.23. The molecule has 1 aliphatic rings. The number of amides is 2. The Morgan fingerprint density at radius 2 is 1.40 bits per heavy atom. The number of primary amides is 1. The third-order valence-electron chi connectivity index (χ3n) is 4.73. The lowest BCUT2D eigenvalue weighted by Gasteiger charge is -2.20. The van der Waals surface area contributed by atoms with E-state index in [1.165, 1.54) is 5.01 Å². The van der Waals surface area contributed by atoms with Crippen molar-refractivity contribution in [2.24, 2.45) is 10.8 Å². The molecule has 0 saturated heterocycles. The summed E-state index contributed by atoms with van der Waals surface area (Å²) < 4.78 is 0. The van der Waals surface area contributed by atoms with Crippen LogP contribution in [0.5, 0.6) is 0 Å². The second-order valence-corrected chi connectivity index (χ2v) is 6.87. The highest BCUT2D eigenvalue weighted by Gasteiger charge is 2.34. The molecule has 7 nitrogen and oxygen atoms in total. The molecule has 1 aliphatic heterocycles. The van der Waals surface area contributed by atoms with Crippen LogP contribution in [0.4, 0.5) is 22.7 Å². The number of hydrogen-bond acceptors (Lipinski definition) is 5. The van der Waals surface area contributed by atoms with E-state index in [1.54, 1.807) is 12.1 Å². The van der Waals surface area contributed by atoms with Gasteiger partial charge in [0.05, 0.1) is 5.69 Å². The van der Waals surface area contributed by atoms with Gasteiger partial charge in [-0.15, -0.1) is 0 Å². The standard InChI is InChI=1S/C23H21N5O2/c24-22(29)21-15-20(27-28(21)19-9-5-2-6-10-19)23(30)26-18-13-11-17(12-14-18)25-16-7-3-1-4-8-16/h1-14,21,25H,15H2,(H2,24,29)(H,26,30)/t21-/m1/s1. The molecular formula is C23H21N5O2. The van der Waals surface area contributed by atoms with Crippen molar-refractivity contribution >= 4 is 40.3 Å². The highest BCUT2D eigenvalue weighted by atomic mass is 16.2. The first-order valence-corrected chi connectivity index (χ1v) is 9.55. The van der Waals surface area contributed by atoms with Crippen LogP contribution in [0.15, 0.2) is 90.0 Å². The first-order chi connectivity index (χ1) is 14.6. The molecule has 150 valence electrons. The average molecular weight is 399 g/mol.